The van der Waals surface area contributed by atoms with Crippen LogP contribution in [0.25, 0.3) is 0 Å². The van der Waals surface area contributed by atoms with Crippen molar-refractivity contribution in [1.82, 2.24) is 9.29 Å². The summed E-state index contributed by atoms with van der Waals surface area (Å²) in [5, 5.41) is 2.66. The molecule has 1 atom stereocenters. The van der Waals surface area contributed by atoms with Gasteiger partial charge in [0.15, 0.2) is 0 Å². The molecule has 0 bridgehead atoms. The summed E-state index contributed by atoms with van der Waals surface area (Å²) in [6.45, 7) is 1.94. The summed E-state index contributed by atoms with van der Waals surface area (Å²) in [4.78, 5) is 30.0. The number of pyridine rings is 1. The van der Waals surface area contributed by atoms with E-state index >= 15 is 0 Å². The summed E-state index contributed by atoms with van der Waals surface area (Å²) < 4.78 is 41.1. The van der Waals surface area contributed by atoms with Gasteiger partial charge in [-0.05, 0) is 56.0 Å². The van der Waals surface area contributed by atoms with E-state index in [4.69, 9.17) is 5.73 Å². The van der Waals surface area contributed by atoms with Gasteiger partial charge < -0.3 is 16.0 Å². The molecular formula is C22H26FN5O4S. The highest BCUT2D eigenvalue weighted by Crippen LogP contribution is 2.25. The molecule has 0 saturated carbocycles. The van der Waals surface area contributed by atoms with Crippen LogP contribution in [0.5, 0.6) is 0 Å². The van der Waals surface area contributed by atoms with Crippen molar-refractivity contribution in [2.24, 2.45) is 11.7 Å². The Balaban J connectivity index is 1.47. The molecule has 11 heteroatoms. The lowest BCUT2D eigenvalue weighted by atomic mass is 9.97. The second kappa shape index (κ2) is 9.44. The van der Waals surface area contributed by atoms with Crippen molar-refractivity contribution in [3.05, 3.63) is 47.9 Å². The van der Waals surface area contributed by atoms with E-state index in [9.17, 15) is 22.4 Å². The molecule has 2 saturated heterocycles. The van der Waals surface area contributed by atoms with Crippen LogP contribution in [-0.2, 0) is 14.8 Å². The average molecular weight is 476 g/mol. The predicted molar refractivity (Wildman–Crippen MR) is 121 cm³/mol. The molecule has 0 radical (unpaired) electrons. The third kappa shape index (κ3) is 4.98. The molecule has 3 N–H and O–H groups in total. The molecule has 2 aliphatic rings. The fourth-order valence-electron chi connectivity index (χ4n) is 4.18. The Bertz CT molecular complexity index is 1150. The predicted octanol–water partition coefficient (Wildman–Crippen LogP) is 1.96. The largest absolute Gasteiger partial charge is 0.369 e. The van der Waals surface area contributed by atoms with E-state index in [0.29, 0.717) is 31.1 Å². The summed E-state index contributed by atoms with van der Waals surface area (Å²) in [6.07, 6.45) is 4.52. The molecule has 1 unspecified atom stereocenters. The highest BCUT2D eigenvalue weighted by molar-refractivity contribution is 7.89. The minimum Gasteiger partial charge on any atom is -0.369 e. The smallest absolute Gasteiger partial charge is 0.255 e. The van der Waals surface area contributed by atoms with Gasteiger partial charge in [-0.3, -0.25) is 9.59 Å². The first kappa shape index (κ1) is 23.1. The van der Waals surface area contributed by atoms with Gasteiger partial charge in [0.1, 0.15) is 16.5 Å². The third-order valence-electron chi connectivity index (χ3n) is 6.03. The van der Waals surface area contributed by atoms with Crippen molar-refractivity contribution in [2.45, 2.75) is 30.6 Å². The number of piperidine rings is 1. The monoisotopic (exact) mass is 475 g/mol. The van der Waals surface area contributed by atoms with Crippen molar-refractivity contribution < 1.29 is 22.4 Å². The molecule has 1 aromatic carbocycles. The van der Waals surface area contributed by atoms with Crippen molar-refractivity contribution in [3.63, 3.8) is 0 Å². The molecule has 2 aromatic rings. The van der Waals surface area contributed by atoms with Crippen LogP contribution in [0, 0.1) is 11.7 Å². The first-order valence-corrected chi connectivity index (χ1v) is 12.3. The lowest BCUT2D eigenvalue weighted by Crippen LogP contribution is -2.41. The molecular weight excluding hydrogens is 449 g/mol. The molecule has 2 amide bonds. The Morgan fingerprint density at radius 3 is 2.52 bits per heavy atom. The van der Waals surface area contributed by atoms with E-state index in [0.717, 1.165) is 44.4 Å². The Morgan fingerprint density at radius 2 is 1.85 bits per heavy atom. The molecule has 0 spiro atoms. The number of anilines is 2. The minimum absolute atomic E-state index is 0.0265. The number of primary amides is 1. The summed E-state index contributed by atoms with van der Waals surface area (Å²) in [5.41, 5.74) is 5.86. The highest BCUT2D eigenvalue weighted by atomic mass is 32.2. The number of carbonyl (C=O) groups excluding carboxylic acids is 2. The van der Waals surface area contributed by atoms with E-state index in [-0.39, 0.29) is 17.4 Å². The highest BCUT2D eigenvalue weighted by Gasteiger charge is 2.30. The van der Waals surface area contributed by atoms with Crippen LogP contribution in [0.1, 0.15) is 36.0 Å². The normalized spacial score (nSPS) is 19.4. The van der Waals surface area contributed by atoms with Crippen LogP contribution >= 0.6 is 0 Å². The Hall–Kier alpha value is -3.05. The molecule has 0 aliphatic carbocycles. The van der Waals surface area contributed by atoms with Crippen LogP contribution in [0.3, 0.4) is 0 Å². The minimum atomic E-state index is -4.00. The lowest BCUT2D eigenvalue weighted by Gasteiger charge is -2.32. The van der Waals surface area contributed by atoms with Crippen LogP contribution < -0.4 is 16.0 Å². The molecule has 33 heavy (non-hydrogen) atoms. The van der Waals surface area contributed by atoms with Crippen LogP contribution in [0.4, 0.5) is 15.9 Å². The summed E-state index contributed by atoms with van der Waals surface area (Å²) >= 11 is 0. The molecule has 176 valence electrons. The average Bonchev–Trinajstić information content (AvgIpc) is 3.36. The Kier molecular flexibility index (Phi) is 6.61. The third-order valence-corrected chi connectivity index (χ3v) is 7.94. The maximum Gasteiger partial charge on any atom is 0.255 e. The van der Waals surface area contributed by atoms with E-state index in [1.165, 1.54) is 16.6 Å². The van der Waals surface area contributed by atoms with Gasteiger partial charge in [-0.1, -0.05) is 0 Å². The first-order chi connectivity index (χ1) is 15.8. The second-order valence-corrected chi connectivity index (χ2v) is 10.2. The summed E-state index contributed by atoms with van der Waals surface area (Å²) in [5.74, 6) is -1.34. The second-order valence-electron chi connectivity index (χ2n) is 8.30. The Labute approximate surface area is 191 Å². The molecule has 2 fully saturated rings. The number of amides is 2. The summed E-state index contributed by atoms with van der Waals surface area (Å²) in [7, 11) is -4.00. The van der Waals surface area contributed by atoms with Crippen molar-refractivity contribution in [2.75, 3.05) is 36.4 Å². The van der Waals surface area contributed by atoms with Gasteiger partial charge in [0.2, 0.25) is 15.9 Å². The quantitative estimate of drug-likeness (QED) is 0.658. The van der Waals surface area contributed by atoms with Crippen LogP contribution in [-0.4, -0.2) is 55.7 Å². The maximum absolute atomic E-state index is 14.3. The van der Waals surface area contributed by atoms with Gasteiger partial charge in [-0.2, -0.15) is 4.31 Å². The van der Waals surface area contributed by atoms with E-state index in [1.54, 1.807) is 12.1 Å². The van der Waals surface area contributed by atoms with Crippen molar-refractivity contribution in [3.8, 4) is 0 Å². The number of hydrogen-bond acceptors (Lipinski definition) is 6. The zero-order valence-corrected chi connectivity index (χ0v) is 18.9. The SMILES string of the molecule is NC(=O)C1CCCN(c2ccc(NC(=O)c3ccc(F)c(S(=O)(=O)N4CCCC4)c3)cn2)C1. The zero-order valence-electron chi connectivity index (χ0n) is 18.0. The van der Waals surface area contributed by atoms with Crippen LogP contribution in [0.2, 0.25) is 0 Å². The number of benzene rings is 1. The van der Waals surface area contributed by atoms with E-state index in [1.807, 2.05) is 4.90 Å². The number of nitrogens with two attached hydrogens (primary N) is 1. The number of halogens is 1. The molecule has 1 aromatic heterocycles. The fourth-order valence-corrected chi connectivity index (χ4v) is 5.79. The number of rotatable bonds is 6. The van der Waals surface area contributed by atoms with E-state index < -0.39 is 26.6 Å². The summed E-state index contributed by atoms with van der Waals surface area (Å²) in [6, 6.07) is 6.70. The molecule has 4 rings (SSSR count). The lowest BCUT2D eigenvalue weighted by molar-refractivity contribution is -0.122. The number of carbonyl (C=O) groups is 2. The number of hydrogen-bond donors (Lipinski definition) is 2. The standard InChI is InChI=1S/C22H26FN5O4S/c23-18-7-5-15(12-19(18)33(31,32)28-10-1-2-11-28)22(30)26-17-6-8-20(25-13-17)27-9-3-4-16(14-27)21(24)29/h5-8,12-13,16H,1-4,9-11,14H2,(H2,24,29)(H,26,30). The van der Waals surface area contributed by atoms with E-state index in [2.05, 4.69) is 10.3 Å². The van der Waals surface area contributed by atoms with Gasteiger partial charge in [-0.15, -0.1) is 0 Å². The van der Waals surface area contributed by atoms with Crippen molar-refractivity contribution >= 4 is 33.3 Å². The van der Waals surface area contributed by atoms with Gasteiger partial charge in [0.05, 0.1) is 17.8 Å². The van der Waals surface area contributed by atoms with Crippen LogP contribution in [0.15, 0.2) is 41.4 Å². The molecule has 3 heterocycles. The van der Waals surface area contributed by atoms with Crippen molar-refractivity contribution in [1.29, 1.82) is 0 Å². The van der Waals surface area contributed by atoms with Gasteiger partial charge in [-0.25, -0.2) is 17.8 Å². The number of aromatic nitrogens is 1. The topological polar surface area (TPSA) is 126 Å². The molecule has 9 nitrogen and oxygen atoms in total. The van der Waals surface area contributed by atoms with Gasteiger partial charge in [0, 0.05) is 31.7 Å². The zero-order chi connectivity index (χ0) is 23.6. The fraction of sp³-hybridized carbons (Fsp3) is 0.409. The Morgan fingerprint density at radius 1 is 1.09 bits per heavy atom. The first-order valence-electron chi connectivity index (χ1n) is 10.9. The molecule has 2 aliphatic heterocycles. The maximum atomic E-state index is 14.3. The number of nitrogens with one attached hydrogen (secondary N) is 1. The van der Waals surface area contributed by atoms with Gasteiger partial charge >= 0.3 is 0 Å². The number of nitrogens with zero attached hydrogens (tertiary/aromatic N) is 3. The van der Waals surface area contributed by atoms with Gasteiger partial charge in [0.25, 0.3) is 5.91 Å². The number of sulfonamides is 1.